The normalized spacial score (nSPS) is 17.8. The summed E-state index contributed by atoms with van der Waals surface area (Å²) in [7, 11) is 0. The second-order valence-corrected chi connectivity index (χ2v) is 34.3. The van der Waals surface area contributed by atoms with Crippen LogP contribution in [0, 0.1) is 166 Å². The van der Waals surface area contributed by atoms with Gasteiger partial charge in [-0.15, -0.1) is 0 Å². The number of carbonyl (C=O) groups excluding carboxylic acids is 5. The molecule has 0 bridgehead atoms. The molecule has 0 aromatic carbocycles. The van der Waals surface area contributed by atoms with Gasteiger partial charge in [0.05, 0.1) is 35.5 Å². The van der Waals surface area contributed by atoms with E-state index in [1.165, 1.54) is 97.8 Å². The van der Waals surface area contributed by atoms with Crippen LogP contribution >= 0.6 is 0 Å². The Morgan fingerprint density at radius 2 is 0.415 bits per heavy atom. The third kappa shape index (κ3) is 62.3. The molecule has 6 N–H and O–H groups in total. The number of carboxylic acid groups (broad SMARTS) is 11. The number of carbonyl (C=O) groups is 11. The third-order valence-electron chi connectivity index (χ3n) is 26.5. The molecule has 0 radical (unpaired) electrons. The van der Waals surface area contributed by atoms with Gasteiger partial charge in [-0.25, -0.2) is 0 Å². The van der Waals surface area contributed by atoms with Gasteiger partial charge in [0.25, 0.3) is 0 Å². The van der Waals surface area contributed by atoms with E-state index in [4.69, 9.17) is 15.3 Å². The van der Waals surface area contributed by atoms with Crippen molar-refractivity contribution in [1.29, 1.82) is 0 Å². The molecule has 0 aliphatic rings. The number of aliphatic carboxylic acids is 11. The minimum Gasteiger partial charge on any atom is -0.550 e. The van der Waals surface area contributed by atoms with E-state index in [1.54, 1.807) is 27.7 Å². The molecule has 0 fully saturated rings. The summed E-state index contributed by atoms with van der Waals surface area (Å²) in [5, 5.41) is 110. The standard InChI is InChI=1S/2C13H20O8.C13H22O6.4C13H28.5Na/c2*1-3-6(10(14)15)5-8(12(18)19)9(13(20)21)7(4-2)11(16)17;1-4-7(3)10(13(18)19)9(12(16)17)6-8(5-2)11(14)15;4*1-7-10(3)9-12(5)13(6)11(4)8-2;;;;;/h2*6-9H,3-5H2,1-2H3,(H,14,15)(H,16,17)(H,18,19)(H,20,21);7-10H,4-6H2,1-3H3,(H,14,15)(H,16,17)(H,18,19);4*10-13H,7-9H2,1-6H3;;;;;/q;;;;;;;5*+1/p-5. The molecule has 0 spiro atoms. The minimum atomic E-state index is -1.93. The maximum absolute atomic E-state index is 11.3. The maximum atomic E-state index is 11.3. The van der Waals surface area contributed by atoms with Gasteiger partial charge in [-0.2, -0.15) is 0 Å². The zero-order valence-corrected chi connectivity index (χ0v) is 91.7. The van der Waals surface area contributed by atoms with E-state index in [9.17, 15) is 93.6 Å². The van der Waals surface area contributed by atoms with Gasteiger partial charge in [0.15, 0.2) is 0 Å². The largest absolute Gasteiger partial charge is 1.00 e. The van der Waals surface area contributed by atoms with Crippen LogP contribution in [0.5, 0.6) is 0 Å². The van der Waals surface area contributed by atoms with Crippen LogP contribution in [0.1, 0.15) is 349 Å². The summed E-state index contributed by atoms with van der Waals surface area (Å²) in [6, 6.07) is 0. The van der Waals surface area contributed by atoms with Crippen LogP contribution in [-0.4, -0.2) is 96.3 Å². The molecule has 0 aromatic rings. The van der Waals surface area contributed by atoms with E-state index >= 15 is 0 Å². The monoisotopic (exact) mass is 1730 g/mol. The Kier molecular flexibility index (Phi) is 99.2. The Bertz CT molecular complexity index is 2410. The van der Waals surface area contributed by atoms with Crippen molar-refractivity contribution < 1.29 is 257 Å². The van der Waals surface area contributed by atoms with Gasteiger partial charge in [0.2, 0.25) is 0 Å². The molecular formula is C91H169Na5O22. The first-order valence-corrected chi connectivity index (χ1v) is 43.6. The first-order valence-electron chi connectivity index (χ1n) is 43.6. The summed E-state index contributed by atoms with van der Waals surface area (Å²) in [6.45, 7) is 67.6. The van der Waals surface area contributed by atoms with Crippen molar-refractivity contribution >= 4 is 65.7 Å². The predicted molar refractivity (Wildman–Crippen MR) is 441 cm³/mol. The number of hydrogen-bond acceptors (Lipinski definition) is 16. The molecule has 118 heavy (non-hydrogen) atoms. The molecule has 0 heterocycles. The molecular weight excluding hydrogens is 1560 g/mol. The van der Waals surface area contributed by atoms with Crippen molar-refractivity contribution in [2.45, 2.75) is 349 Å². The van der Waals surface area contributed by atoms with Gasteiger partial charge in [-0.3, -0.25) is 28.8 Å². The van der Waals surface area contributed by atoms with Gasteiger partial charge < -0.3 is 80.1 Å². The fourth-order valence-electron chi connectivity index (χ4n) is 14.7. The van der Waals surface area contributed by atoms with Crippen LogP contribution < -0.4 is 173 Å². The van der Waals surface area contributed by atoms with Crippen molar-refractivity contribution in [2.24, 2.45) is 166 Å². The summed E-state index contributed by atoms with van der Waals surface area (Å²) in [6.07, 6.45) is 15.7. The SMILES string of the molecule is CCC(C)CC(C)C(C)C(C)CC.CCC(C)CC(C)C(C)C(C)CC.CCC(C)CC(C)C(C)C(C)CC.CCC(C)CC(C)C(C)C(C)CC.CCC(CC(C(=O)O)C(C(=O)O)C(CC)C(=O)O)C(=O)O.CCC(CC(C(=O)[O-])C(C(=O)O)C(C)CC)C(=O)O.CCC(CC(C(=O)[O-])C(C(=O)[O-])C(CC)C(=O)[O-])C(=O)[O-].[Na+].[Na+].[Na+].[Na+].[Na+]. The van der Waals surface area contributed by atoms with Crippen molar-refractivity contribution in [3.05, 3.63) is 0 Å². The van der Waals surface area contributed by atoms with E-state index in [1.807, 2.05) is 0 Å². The van der Waals surface area contributed by atoms with Crippen LogP contribution in [-0.2, 0) is 52.7 Å². The average Bonchev–Trinajstić information content (AvgIpc) is 0.835. The number of carboxylic acids is 11. The van der Waals surface area contributed by atoms with Gasteiger partial charge in [0, 0.05) is 53.5 Å². The smallest absolute Gasteiger partial charge is 0.550 e. The molecule has 670 valence electrons. The predicted octanol–water partition coefficient (Wildman–Crippen LogP) is 1.24. The number of hydrogen-bond donors (Lipinski definition) is 6. The fourth-order valence-corrected chi connectivity index (χ4v) is 14.7. The van der Waals surface area contributed by atoms with Gasteiger partial charge in [0.1, 0.15) is 0 Å². The molecule has 28 atom stereocenters. The molecule has 0 aliphatic carbocycles. The second kappa shape index (κ2) is 81.9. The Morgan fingerprint density at radius 1 is 0.195 bits per heavy atom. The summed E-state index contributed by atoms with van der Waals surface area (Å²) in [4.78, 5) is 122. The van der Waals surface area contributed by atoms with Crippen LogP contribution in [0.3, 0.4) is 0 Å². The Hall–Kier alpha value is -0.830. The van der Waals surface area contributed by atoms with Crippen molar-refractivity contribution in [1.82, 2.24) is 0 Å². The Morgan fingerprint density at radius 3 is 0.576 bits per heavy atom. The second-order valence-electron chi connectivity index (χ2n) is 34.3. The van der Waals surface area contributed by atoms with E-state index in [0.29, 0.717) is 6.42 Å². The summed E-state index contributed by atoms with van der Waals surface area (Å²) in [5.41, 5.74) is 0. The van der Waals surface area contributed by atoms with E-state index in [-0.39, 0.29) is 192 Å². The number of rotatable bonds is 53. The Labute approximate surface area is 828 Å². The van der Waals surface area contributed by atoms with Crippen molar-refractivity contribution in [3.63, 3.8) is 0 Å². The van der Waals surface area contributed by atoms with Gasteiger partial charge in [-0.1, -0.05) is 272 Å². The first kappa shape index (κ1) is 143. The van der Waals surface area contributed by atoms with Crippen LogP contribution in [0.15, 0.2) is 0 Å². The Balaban J connectivity index is -0.000000111. The molecule has 0 aromatic heterocycles. The summed E-state index contributed by atoms with van der Waals surface area (Å²) < 4.78 is 0. The van der Waals surface area contributed by atoms with E-state index in [0.717, 1.165) is 94.7 Å². The third-order valence-corrected chi connectivity index (χ3v) is 26.5. The first-order chi connectivity index (χ1) is 52.2. The molecule has 0 rings (SSSR count). The van der Waals surface area contributed by atoms with Gasteiger partial charge >= 0.3 is 184 Å². The van der Waals surface area contributed by atoms with Crippen LogP contribution in [0.2, 0.25) is 0 Å². The fraction of sp³-hybridized carbons (Fsp3) is 0.879. The zero-order valence-electron chi connectivity index (χ0n) is 81.7. The van der Waals surface area contributed by atoms with E-state index < -0.39 is 144 Å². The van der Waals surface area contributed by atoms with Crippen LogP contribution in [0.4, 0.5) is 0 Å². The minimum absolute atomic E-state index is 0. The van der Waals surface area contributed by atoms with Gasteiger partial charge in [-0.05, 0) is 184 Å². The average molecular weight is 1730 g/mol. The molecule has 22 nitrogen and oxygen atoms in total. The molecule has 0 saturated carbocycles. The molecule has 0 amide bonds. The topological polar surface area (TPSA) is 424 Å². The summed E-state index contributed by atoms with van der Waals surface area (Å²) >= 11 is 0. The van der Waals surface area contributed by atoms with Crippen molar-refractivity contribution in [2.75, 3.05) is 0 Å². The maximum Gasteiger partial charge on any atom is 1.00 e. The van der Waals surface area contributed by atoms with Crippen LogP contribution in [0.25, 0.3) is 0 Å². The molecule has 27 heteroatoms. The quantitative estimate of drug-likeness (QED) is 0.0467. The molecule has 0 saturated heterocycles. The molecule has 0 aliphatic heterocycles. The van der Waals surface area contributed by atoms with Crippen molar-refractivity contribution in [3.8, 4) is 0 Å². The van der Waals surface area contributed by atoms with E-state index in [2.05, 4.69) is 166 Å². The molecule has 28 unspecified atom stereocenters. The summed E-state index contributed by atoms with van der Waals surface area (Å²) in [5.74, 6) is -18.1. The zero-order chi connectivity index (χ0) is 90.4.